The van der Waals surface area contributed by atoms with Crippen molar-refractivity contribution in [2.45, 2.75) is 89.5 Å². The number of nitrogens with zero attached hydrogens (tertiary/aromatic N) is 7. The molecule has 1 unspecified atom stereocenters. The second kappa shape index (κ2) is 21.1. The summed E-state index contributed by atoms with van der Waals surface area (Å²) in [5, 5.41) is 8.02. The summed E-state index contributed by atoms with van der Waals surface area (Å²) in [5.41, 5.74) is -0.706. The van der Waals surface area contributed by atoms with E-state index in [1.54, 1.807) is 23.1 Å². The van der Waals surface area contributed by atoms with Crippen molar-refractivity contribution in [1.29, 1.82) is 0 Å². The van der Waals surface area contributed by atoms with E-state index in [1.165, 1.54) is 24.5 Å². The summed E-state index contributed by atoms with van der Waals surface area (Å²) >= 11 is 0. The lowest BCUT2D eigenvalue weighted by atomic mass is 10.0. The Balaban J connectivity index is 0.812. The van der Waals surface area contributed by atoms with Gasteiger partial charge in [-0.3, -0.25) is 43.9 Å². The van der Waals surface area contributed by atoms with E-state index in [1.807, 2.05) is 30.7 Å². The van der Waals surface area contributed by atoms with Crippen molar-refractivity contribution in [3.05, 3.63) is 94.8 Å². The van der Waals surface area contributed by atoms with Gasteiger partial charge in [0.2, 0.25) is 23.7 Å². The molecule has 21 heteroatoms. The number of hydrogen-bond acceptors (Lipinski definition) is 12. The van der Waals surface area contributed by atoms with E-state index in [0.29, 0.717) is 70.3 Å². The number of fused-ring (bicyclic) bond motifs is 1. The van der Waals surface area contributed by atoms with Crippen molar-refractivity contribution < 1.29 is 50.7 Å². The van der Waals surface area contributed by atoms with E-state index in [0.717, 1.165) is 42.7 Å². The molecular formula is C50H55F5N10O6. The first kappa shape index (κ1) is 50.4. The maximum atomic E-state index is 16.1. The maximum absolute atomic E-state index is 16.1. The number of benzene rings is 3. The summed E-state index contributed by atoms with van der Waals surface area (Å²) in [5.74, 6) is -4.77. The van der Waals surface area contributed by atoms with Crippen molar-refractivity contribution in [2.75, 3.05) is 73.3 Å². The monoisotopic (exact) mass is 986 g/mol. The highest BCUT2D eigenvalue weighted by Gasteiger charge is 2.46. The van der Waals surface area contributed by atoms with Crippen molar-refractivity contribution >= 4 is 58.5 Å². The molecule has 1 aromatic heterocycles. The second-order valence-corrected chi connectivity index (χ2v) is 18.5. The number of unbranched alkanes of at least 4 members (excludes halogenated alkanes) is 4. The summed E-state index contributed by atoms with van der Waals surface area (Å²) in [6.45, 7) is 7.23. The number of aromatic nitrogens is 2. The Morgan fingerprint density at radius 1 is 0.803 bits per heavy atom. The number of anilines is 4. The molecule has 71 heavy (non-hydrogen) atoms. The van der Waals surface area contributed by atoms with Crippen LogP contribution in [-0.2, 0) is 20.6 Å². The molecule has 0 radical (unpaired) electrons. The normalized spacial score (nSPS) is 19.8. The highest BCUT2D eigenvalue weighted by molar-refractivity contribution is 6.25. The van der Waals surface area contributed by atoms with E-state index >= 15 is 4.39 Å². The van der Waals surface area contributed by atoms with Gasteiger partial charge in [0.15, 0.2) is 0 Å². The van der Waals surface area contributed by atoms with E-state index in [9.17, 15) is 46.3 Å². The molecule has 16 nitrogen and oxygen atoms in total. The van der Waals surface area contributed by atoms with Gasteiger partial charge >= 0.3 is 6.18 Å². The number of nitrogens with one attached hydrogen (secondary N) is 3. The van der Waals surface area contributed by atoms with E-state index in [2.05, 4.69) is 30.8 Å². The highest BCUT2D eigenvalue weighted by Crippen LogP contribution is 2.38. The Labute approximate surface area is 406 Å². The van der Waals surface area contributed by atoms with Gasteiger partial charge in [0.25, 0.3) is 17.7 Å². The standard InChI is InChI=1S/C50H55F5N10O6/c1-29-27-64(28-30(2)61(29)3)41-24-37(52)35(23-39(41)59-45(68)33-14-13-32(51)22-36(33)50(53,54)55)31-25-57-49(58-26-31)63-20-18-62(19-21-63)43(67)12-7-5-4-6-8-17-56-38-11-9-10-34-44(38)48(71)65(47(34)70)40-15-16-42(66)60-46(40)69/h9-11,13-14,22-26,29-30,40,56H,4-8,12,15-21,27-28H2,1-3H3,(H,59,68)(H,60,66,69)/t29-,30+,40?. The molecule has 3 atom stereocenters. The molecule has 4 aliphatic rings. The summed E-state index contributed by atoms with van der Waals surface area (Å²) in [4.78, 5) is 94.8. The molecule has 0 bridgehead atoms. The number of piperidine rings is 1. The first-order valence-electron chi connectivity index (χ1n) is 23.8. The minimum Gasteiger partial charge on any atom is -0.384 e. The minimum atomic E-state index is -5.02. The molecule has 6 amide bonds. The van der Waals surface area contributed by atoms with E-state index in [4.69, 9.17) is 0 Å². The van der Waals surface area contributed by atoms with Crippen LogP contribution in [0.15, 0.2) is 60.9 Å². The van der Waals surface area contributed by atoms with Crippen LogP contribution >= 0.6 is 0 Å². The van der Waals surface area contributed by atoms with Gasteiger partial charge in [-0.25, -0.2) is 18.7 Å². The molecule has 4 aromatic rings. The molecule has 8 rings (SSSR count). The largest absolute Gasteiger partial charge is 0.417 e. The zero-order chi connectivity index (χ0) is 50.7. The van der Waals surface area contributed by atoms with Crippen LogP contribution in [0.3, 0.4) is 0 Å². The number of hydrogen-bond donors (Lipinski definition) is 3. The Hall–Kier alpha value is -7.03. The van der Waals surface area contributed by atoms with Gasteiger partial charge < -0.3 is 25.3 Å². The zero-order valence-electron chi connectivity index (χ0n) is 39.6. The average Bonchev–Trinajstić information content (AvgIpc) is 3.60. The van der Waals surface area contributed by atoms with E-state index in [-0.39, 0.29) is 70.5 Å². The Morgan fingerprint density at radius 3 is 2.18 bits per heavy atom. The number of carbonyl (C=O) groups is 6. The van der Waals surface area contributed by atoms with Gasteiger partial charge in [0.1, 0.15) is 17.7 Å². The van der Waals surface area contributed by atoms with Crippen LogP contribution in [0.5, 0.6) is 0 Å². The van der Waals surface area contributed by atoms with Crippen LogP contribution in [0.25, 0.3) is 11.1 Å². The molecular weight excluding hydrogens is 932 g/mol. The van der Waals surface area contributed by atoms with Crippen LogP contribution in [-0.4, -0.2) is 131 Å². The van der Waals surface area contributed by atoms with Crippen LogP contribution in [0.1, 0.15) is 102 Å². The molecule has 5 heterocycles. The number of alkyl halides is 3. The number of amides is 6. The zero-order valence-corrected chi connectivity index (χ0v) is 39.6. The van der Waals surface area contributed by atoms with Gasteiger partial charge in [0.05, 0.1) is 33.6 Å². The van der Waals surface area contributed by atoms with Gasteiger partial charge in [-0.05, 0) is 82.6 Å². The van der Waals surface area contributed by atoms with Gasteiger partial charge in [-0.2, -0.15) is 13.2 Å². The fraction of sp³-hybridized carbons (Fsp3) is 0.440. The summed E-state index contributed by atoms with van der Waals surface area (Å²) in [6.07, 6.45) is 2.46. The third-order valence-electron chi connectivity index (χ3n) is 13.8. The molecule has 0 spiro atoms. The molecule has 0 aliphatic carbocycles. The Morgan fingerprint density at radius 2 is 1.49 bits per heavy atom. The smallest absolute Gasteiger partial charge is 0.384 e. The third-order valence-corrected chi connectivity index (χ3v) is 13.8. The van der Waals surface area contributed by atoms with Crippen LogP contribution in [0.2, 0.25) is 0 Å². The predicted molar refractivity (Wildman–Crippen MR) is 254 cm³/mol. The number of halogens is 5. The summed E-state index contributed by atoms with van der Waals surface area (Å²) < 4.78 is 71.9. The van der Waals surface area contributed by atoms with Crippen molar-refractivity contribution in [2.24, 2.45) is 0 Å². The lowest BCUT2D eigenvalue weighted by Crippen LogP contribution is -2.55. The third kappa shape index (κ3) is 11.0. The molecule has 3 N–H and O–H groups in total. The molecule has 0 saturated carbocycles. The summed E-state index contributed by atoms with van der Waals surface area (Å²) in [7, 11) is 1.96. The van der Waals surface area contributed by atoms with Crippen LogP contribution in [0.4, 0.5) is 45.0 Å². The Bertz CT molecular complexity index is 2700. The van der Waals surface area contributed by atoms with Crippen LogP contribution < -0.4 is 25.8 Å². The fourth-order valence-electron chi connectivity index (χ4n) is 9.64. The highest BCUT2D eigenvalue weighted by atomic mass is 19.4. The second-order valence-electron chi connectivity index (χ2n) is 18.5. The van der Waals surface area contributed by atoms with Crippen molar-refractivity contribution in [3.8, 4) is 11.1 Å². The molecule has 4 aliphatic heterocycles. The molecule has 3 aromatic carbocycles. The summed E-state index contributed by atoms with van der Waals surface area (Å²) in [6, 6.07) is 8.36. The minimum absolute atomic E-state index is 0.00106. The molecule has 376 valence electrons. The number of piperazine rings is 2. The lowest BCUT2D eigenvalue weighted by Gasteiger charge is -2.44. The topological polar surface area (TPSA) is 180 Å². The van der Waals surface area contributed by atoms with Gasteiger partial charge in [-0.1, -0.05) is 25.3 Å². The van der Waals surface area contributed by atoms with E-state index < -0.39 is 64.5 Å². The fourth-order valence-corrected chi connectivity index (χ4v) is 9.64. The SMILES string of the molecule is C[C@@H]1CN(c2cc(F)c(-c3cnc(N4CCN(C(=O)CCCCCCCNc5cccc6c5C(=O)N(C5CCC(=O)NC5=O)C6=O)CC4)nc3)cc2NC(=O)c2ccc(F)cc2C(F)(F)F)C[C@H](C)N1C. The predicted octanol–water partition coefficient (Wildman–Crippen LogP) is 6.72. The number of likely N-dealkylation sites (N-methyl/N-ethyl adjacent to an activating group) is 1. The maximum Gasteiger partial charge on any atom is 0.417 e. The van der Waals surface area contributed by atoms with Gasteiger partial charge in [-0.15, -0.1) is 0 Å². The van der Waals surface area contributed by atoms with Gasteiger partial charge in [0, 0.05) is 99.9 Å². The molecule has 3 saturated heterocycles. The lowest BCUT2D eigenvalue weighted by molar-refractivity contribution is -0.138. The average molecular weight is 987 g/mol. The quantitative estimate of drug-likeness (QED) is 0.0651. The first-order chi connectivity index (χ1) is 33.9. The Kier molecular flexibility index (Phi) is 15.0. The number of carbonyl (C=O) groups excluding carboxylic acids is 6. The van der Waals surface area contributed by atoms with Crippen molar-refractivity contribution in [3.63, 3.8) is 0 Å². The van der Waals surface area contributed by atoms with Crippen LogP contribution in [0, 0.1) is 11.6 Å². The van der Waals surface area contributed by atoms with Crippen molar-refractivity contribution in [1.82, 2.24) is 30.0 Å². The number of rotatable bonds is 15. The number of imide groups is 2. The molecule has 3 fully saturated rings. The first-order valence-corrected chi connectivity index (χ1v) is 23.8.